The Morgan fingerprint density at radius 1 is 1.57 bits per heavy atom. The highest BCUT2D eigenvalue weighted by Crippen LogP contribution is 1.78. The highest BCUT2D eigenvalue weighted by Gasteiger charge is 1.89. The monoisotopic (exact) mass is 97.1 g/mol. The Labute approximate surface area is 47.8 Å². The molecule has 0 saturated carbocycles. The van der Waals surface area contributed by atoms with E-state index in [0.29, 0.717) is 0 Å². The first kappa shape index (κ1) is 7.09. The zero-order valence-corrected chi connectivity index (χ0v) is 5.57. The van der Waals surface area contributed by atoms with Crippen molar-refractivity contribution in [1.29, 1.82) is 0 Å². The lowest BCUT2D eigenvalue weighted by molar-refractivity contribution is 0.726. The topological polar surface area (TPSA) is 3.24 Å². The van der Waals surface area contributed by atoms with Gasteiger partial charge in [-0.05, 0) is 6.54 Å². The van der Waals surface area contributed by atoms with Gasteiger partial charge in [0.15, 0.2) is 15.4 Å². The van der Waals surface area contributed by atoms with Crippen molar-refractivity contribution in [3.63, 3.8) is 0 Å². The van der Waals surface area contributed by atoms with Crippen molar-refractivity contribution in [2.75, 3.05) is 6.54 Å². The molecule has 0 fully saturated rings. The van der Waals surface area contributed by atoms with Gasteiger partial charge in [-0.3, -0.25) is 0 Å². The fraction of sp³-hybridized carbons (Fsp3) is 1.00. The van der Waals surface area contributed by atoms with Gasteiger partial charge in [0.1, 0.15) is 0 Å². The van der Waals surface area contributed by atoms with Crippen LogP contribution in [0, 0.1) is 0 Å². The third-order valence-corrected chi connectivity index (χ3v) is 1.15. The molecule has 0 rings (SSSR count). The summed E-state index contributed by atoms with van der Waals surface area (Å²) in [5, 5.41) is 0. The van der Waals surface area contributed by atoms with Crippen molar-refractivity contribution in [3.05, 3.63) is 0 Å². The number of hydrogen-bond acceptors (Lipinski definition) is 1. The van der Waals surface area contributed by atoms with Crippen LogP contribution in [0.3, 0.4) is 0 Å². The van der Waals surface area contributed by atoms with Crippen molar-refractivity contribution < 1.29 is 0 Å². The van der Waals surface area contributed by atoms with E-state index < -0.39 is 0 Å². The maximum absolute atomic E-state index is 2.31. The molecule has 0 spiro atoms. The summed E-state index contributed by atoms with van der Waals surface area (Å²) in [5.74, 6) is 0. The Hall–Kier alpha value is 0.0899. The average Bonchev–Trinajstić information content (AvgIpc) is 1.68. The summed E-state index contributed by atoms with van der Waals surface area (Å²) < 4.78 is 2.31. The van der Waals surface area contributed by atoms with Gasteiger partial charge in [0.2, 0.25) is 0 Å². The number of hydrogen-bond donors (Lipinski definition) is 0. The fourth-order valence-electron chi connectivity index (χ4n) is 0.540. The maximum Gasteiger partial charge on any atom is 0.191 e. The molecule has 0 aromatic carbocycles. The Bertz CT molecular complexity index is 40.7. The van der Waals surface area contributed by atoms with Crippen LogP contribution in [0.5, 0.6) is 0 Å². The molecule has 1 nitrogen and oxygen atoms in total. The summed E-state index contributed by atoms with van der Waals surface area (Å²) >= 11 is 0. The third-order valence-electron chi connectivity index (χ3n) is 1.15. The largest absolute Gasteiger partial charge is 0.393 e. The van der Waals surface area contributed by atoms with Crippen molar-refractivity contribution in [1.82, 2.24) is 4.72 Å². The van der Waals surface area contributed by atoms with Gasteiger partial charge in [-0.15, -0.1) is 0 Å². The second-order valence-corrected chi connectivity index (χ2v) is 1.90. The van der Waals surface area contributed by atoms with Crippen LogP contribution in [0.15, 0.2) is 0 Å². The predicted octanol–water partition coefficient (Wildman–Crippen LogP) is -0.354. The van der Waals surface area contributed by atoms with E-state index in [9.17, 15) is 0 Å². The molecule has 0 aliphatic rings. The molecule has 0 aromatic heterocycles. The molecule has 0 aliphatic carbocycles. The lowest BCUT2D eigenvalue weighted by atomic mass is 9.84. The van der Waals surface area contributed by atoms with E-state index in [-0.39, 0.29) is 0 Å². The molecule has 0 bridgehead atoms. The lowest BCUT2D eigenvalue weighted by Crippen LogP contribution is -2.23. The van der Waals surface area contributed by atoms with Gasteiger partial charge < -0.3 is 4.72 Å². The summed E-state index contributed by atoms with van der Waals surface area (Å²) in [5.41, 5.74) is 0. The van der Waals surface area contributed by atoms with Gasteiger partial charge in [0.25, 0.3) is 0 Å². The van der Waals surface area contributed by atoms with E-state index in [1.165, 1.54) is 20.3 Å². The van der Waals surface area contributed by atoms with Gasteiger partial charge in [0, 0.05) is 0 Å². The smallest absolute Gasteiger partial charge is 0.191 e. The normalized spacial score (nSPS) is 9.57. The van der Waals surface area contributed by atoms with Gasteiger partial charge in [0.05, 0.1) is 0 Å². The van der Waals surface area contributed by atoms with Gasteiger partial charge >= 0.3 is 0 Å². The second kappa shape index (κ2) is 4.25. The molecule has 0 unspecified atom stereocenters. The summed E-state index contributed by atoms with van der Waals surface area (Å²) in [6.07, 6.45) is 1.27. The van der Waals surface area contributed by atoms with E-state index in [4.69, 9.17) is 0 Å². The van der Waals surface area contributed by atoms with E-state index in [0.717, 1.165) is 0 Å². The molecule has 40 valence electrons. The lowest BCUT2D eigenvalue weighted by Gasteiger charge is -2.09. The van der Waals surface area contributed by atoms with Crippen molar-refractivity contribution in [2.45, 2.75) is 20.2 Å². The van der Waals surface area contributed by atoms with Gasteiger partial charge in [-0.25, -0.2) is 0 Å². The molecule has 3 heteroatoms. The van der Waals surface area contributed by atoms with Crippen molar-refractivity contribution in [3.8, 4) is 0 Å². The van der Waals surface area contributed by atoms with Crippen LogP contribution in [-0.2, 0) is 0 Å². The third kappa shape index (κ3) is 3.93. The molecular formula is C4H13B2N. The van der Waals surface area contributed by atoms with Crippen LogP contribution in [0.2, 0.25) is 6.32 Å². The van der Waals surface area contributed by atoms with E-state index >= 15 is 0 Å². The standard InChI is InChI=1S/C4H13B2N/c1-3-6-7(5)4-2/h6H,3-5H2,1-2H3. The molecule has 0 N–H and O–H groups in total. The van der Waals surface area contributed by atoms with E-state index in [1.54, 1.807) is 0 Å². The van der Waals surface area contributed by atoms with E-state index in [2.05, 4.69) is 26.6 Å². The first-order chi connectivity index (χ1) is 3.31. The number of rotatable bonds is 3. The van der Waals surface area contributed by atoms with Crippen LogP contribution in [0.25, 0.3) is 0 Å². The van der Waals surface area contributed by atoms with Gasteiger partial charge in [-0.2, -0.15) is 0 Å². The van der Waals surface area contributed by atoms with E-state index in [1.807, 2.05) is 0 Å². The average molecular weight is 96.8 g/mol. The Morgan fingerprint density at radius 3 is 2.29 bits per heavy atom. The molecule has 0 radical (unpaired) electrons. The quantitative estimate of drug-likeness (QED) is 0.434. The minimum Gasteiger partial charge on any atom is -0.393 e. The van der Waals surface area contributed by atoms with Crippen molar-refractivity contribution in [2.24, 2.45) is 0 Å². The predicted molar refractivity (Wildman–Crippen MR) is 38.6 cm³/mol. The van der Waals surface area contributed by atoms with Crippen LogP contribution in [0.4, 0.5) is 0 Å². The van der Waals surface area contributed by atoms with Crippen LogP contribution in [-0.4, -0.2) is 26.7 Å². The molecule has 0 aromatic rings. The Balaban J connectivity index is 2.83. The highest BCUT2D eigenvalue weighted by atomic mass is 14.9. The molecule has 0 saturated heterocycles. The summed E-state index contributed by atoms with van der Waals surface area (Å²) in [6.45, 7) is 5.55. The first-order valence-electron chi connectivity index (χ1n) is 2.99. The fourth-order valence-corrected chi connectivity index (χ4v) is 0.540. The summed E-state index contributed by atoms with van der Waals surface area (Å²) in [7, 11) is 3.38. The van der Waals surface area contributed by atoms with Gasteiger partial charge in [-0.1, -0.05) is 20.2 Å². The van der Waals surface area contributed by atoms with Crippen molar-refractivity contribution >= 4 is 15.4 Å². The minimum absolute atomic E-state index is 1.17. The molecule has 0 heterocycles. The number of nitrogens with zero attached hydrogens (tertiary/aromatic N) is 1. The second-order valence-electron chi connectivity index (χ2n) is 1.90. The minimum atomic E-state index is 1.17. The molecule has 7 heavy (non-hydrogen) atoms. The van der Waals surface area contributed by atoms with Crippen LogP contribution < -0.4 is 0 Å². The zero-order chi connectivity index (χ0) is 5.70. The highest BCUT2D eigenvalue weighted by molar-refractivity contribution is 6.41. The van der Waals surface area contributed by atoms with Crippen LogP contribution in [0.1, 0.15) is 13.8 Å². The molecule has 0 aliphatic heterocycles. The zero-order valence-electron chi connectivity index (χ0n) is 5.57. The maximum atomic E-state index is 2.31. The molecule has 0 atom stereocenters. The summed E-state index contributed by atoms with van der Waals surface area (Å²) in [4.78, 5) is 0. The molecular weight excluding hydrogens is 83.7 g/mol. The summed E-state index contributed by atoms with van der Waals surface area (Å²) in [6, 6.07) is 0. The first-order valence-corrected chi connectivity index (χ1v) is 2.99. The Kier molecular flexibility index (Phi) is 4.31. The molecule has 0 amide bonds. The Morgan fingerprint density at radius 2 is 2.14 bits per heavy atom. The van der Waals surface area contributed by atoms with Crippen LogP contribution >= 0.6 is 0 Å². The SMILES string of the molecule is BN(BCC)CC.